The molecule has 2 rings (SSSR count). The van der Waals surface area contributed by atoms with Gasteiger partial charge in [0, 0.05) is 36.7 Å². The van der Waals surface area contributed by atoms with Crippen LogP contribution in [0.5, 0.6) is 0 Å². The maximum atomic E-state index is 5.86. The van der Waals surface area contributed by atoms with E-state index in [0.29, 0.717) is 5.88 Å². The number of nitrogens with one attached hydrogen (secondary N) is 1. The molecule has 0 spiro atoms. The third-order valence-electron chi connectivity index (χ3n) is 2.41. The van der Waals surface area contributed by atoms with Gasteiger partial charge in [-0.15, -0.1) is 22.9 Å². The third kappa shape index (κ3) is 2.75. The van der Waals surface area contributed by atoms with E-state index >= 15 is 0 Å². The smallest absolute Gasteiger partial charge is 0.193 e. The fourth-order valence-corrected chi connectivity index (χ4v) is 2.25. The summed E-state index contributed by atoms with van der Waals surface area (Å²) < 4.78 is 2.05. The fourth-order valence-electron chi connectivity index (χ4n) is 1.44. The van der Waals surface area contributed by atoms with E-state index in [-0.39, 0.29) is 5.41 Å². The Hall–Kier alpha value is -0.580. The predicted molar refractivity (Wildman–Crippen MR) is 69.3 cm³/mol. The van der Waals surface area contributed by atoms with Crippen molar-refractivity contribution in [2.24, 2.45) is 5.41 Å². The number of alkyl halides is 1. The van der Waals surface area contributed by atoms with E-state index in [1.807, 2.05) is 16.0 Å². The summed E-state index contributed by atoms with van der Waals surface area (Å²) in [7, 11) is 0. The molecule has 0 saturated heterocycles. The first-order valence-electron chi connectivity index (χ1n) is 5.28. The lowest BCUT2D eigenvalue weighted by Crippen LogP contribution is -2.30. The summed E-state index contributed by atoms with van der Waals surface area (Å²) in [5.74, 6) is 0.665. The lowest BCUT2D eigenvalue weighted by molar-refractivity contribution is 0.384. The van der Waals surface area contributed by atoms with Crippen LogP contribution < -0.4 is 5.32 Å². The Morgan fingerprint density at radius 3 is 3.06 bits per heavy atom. The van der Waals surface area contributed by atoms with Crippen LogP contribution in [0.3, 0.4) is 0 Å². The lowest BCUT2D eigenvalue weighted by atomic mass is 9.97. The van der Waals surface area contributed by atoms with E-state index in [9.17, 15) is 0 Å². The number of aromatic nitrogens is 2. The molecule has 2 aromatic heterocycles. The Morgan fingerprint density at radius 2 is 2.38 bits per heavy atom. The summed E-state index contributed by atoms with van der Waals surface area (Å²) in [5.41, 5.74) is 1.22. The normalized spacial score (nSPS) is 12.4. The molecule has 2 aromatic rings. The zero-order valence-corrected chi connectivity index (χ0v) is 11.1. The van der Waals surface area contributed by atoms with Crippen molar-refractivity contribution in [1.29, 1.82) is 0 Å². The van der Waals surface area contributed by atoms with Crippen LogP contribution in [0, 0.1) is 5.41 Å². The molecule has 88 valence electrons. The minimum absolute atomic E-state index is 0.138. The minimum Gasteiger partial charge on any atom is -0.311 e. The number of thiazole rings is 1. The summed E-state index contributed by atoms with van der Waals surface area (Å²) in [6.07, 6.45) is 4.09. The molecule has 0 atom stereocenters. The van der Waals surface area contributed by atoms with Crippen LogP contribution in [-0.4, -0.2) is 21.8 Å². The first-order valence-corrected chi connectivity index (χ1v) is 6.70. The van der Waals surface area contributed by atoms with Crippen molar-refractivity contribution in [1.82, 2.24) is 14.7 Å². The van der Waals surface area contributed by atoms with Crippen LogP contribution >= 0.6 is 22.9 Å². The van der Waals surface area contributed by atoms with Gasteiger partial charge in [-0.25, -0.2) is 4.98 Å². The van der Waals surface area contributed by atoms with Crippen molar-refractivity contribution in [2.45, 2.75) is 20.4 Å². The second kappa shape index (κ2) is 4.73. The SMILES string of the molecule is CC(C)(CCl)CNCc1cn2ccsc2n1. The van der Waals surface area contributed by atoms with Gasteiger partial charge >= 0.3 is 0 Å². The van der Waals surface area contributed by atoms with Gasteiger partial charge in [-0.2, -0.15) is 0 Å². The Balaban J connectivity index is 1.89. The summed E-state index contributed by atoms with van der Waals surface area (Å²) in [6.45, 7) is 6.01. The number of nitrogens with zero attached hydrogens (tertiary/aromatic N) is 2. The molecule has 5 heteroatoms. The maximum Gasteiger partial charge on any atom is 0.193 e. The number of imidazole rings is 1. The van der Waals surface area contributed by atoms with Crippen molar-refractivity contribution in [2.75, 3.05) is 12.4 Å². The molecule has 16 heavy (non-hydrogen) atoms. The summed E-state index contributed by atoms with van der Waals surface area (Å²) >= 11 is 7.52. The van der Waals surface area contributed by atoms with E-state index < -0.39 is 0 Å². The van der Waals surface area contributed by atoms with Crippen LogP contribution in [-0.2, 0) is 6.54 Å². The Labute approximate surface area is 104 Å². The van der Waals surface area contributed by atoms with Crippen molar-refractivity contribution < 1.29 is 0 Å². The second-order valence-corrected chi connectivity index (χ2v) is 5.87. The number of halogens is 1. The highest BCUT2D eigenvalue weighted by Crippen LogP contribution is 2.16. The maximum absolute atomic E-state index is 5.86. The molecule has 0 aliphatic carbocycles. The van der Waals surface area contributed by atoms with Crippen LogP contribution in [0.1, 0.15) is 19.5 Å². The minimum atomic E-state index is 0.138. The van der Waals surface area contributed by atoms with E-state index in [2.05, 4.69) is 30.3 Å². The van der Waals surface area contributed by atoms with Gasteiger partial charge in [-0.05, 0) is 5.41 Å². The van der Waals surface area contributed by atoms with Gasteiger partial charge < -0.3 is 5.32 Å². The van der Waals surface area contributed by atoms with E-state index in [1.165, 1.54) is 0 Å². The largest absolute Gasteiger partial charge is 0.311 e. The number of hydrogen-bond acceptors (Lipinski definition) is 3. The van der Waals surface area contributed by atoms with Crippen LogP contribution in [0.15, 0.2) is 17.8 Å². The predicted octanol–water partition coefficient (Wildman–Crippen LogP) is 2.75. The van der Waals surface area contributed by atoms with E-state index in [1.54, 1.807) is 11.3 Å². The molecule has 0 bridgehead atoms. The first kappa shape index (κ1) is 11.9. The number of hydrogen-bond donors (Lipinski definition) is 1. The molecule has 3 nitrogen and oxygen atoms in total. The van der Waals surface area contributed by atoms with E-state index in [0.717, 1.165) is 23.7 Å². The molecule has 2 heterocycles. The second-order valence-electron chi connectivity index (χ2n) is 4.73. The highest BCUT2D eigenvalue weighted by Gasteiger charge is 2.15. The molecule has 0 saturated carbocycles. The molecule has 0 aliphatic rings. The Morgan fingerprint density at radius 1 is 1.56 bits per heavy atom. The highest BCUT2D eigenvalue weighted by molar-refractivity contribution is 7.15. The van der Waals surface area contributed by atoms with Gasteiger partial charge in [0.15, 0.2) is 4.96 Å². The molecular weight excluding hydrogens is 242 g/mol. The number of fused-ring (bicyclic) bond motifs is 1. The van der Waals surface area contributed by atoms with Gasteiger partial charge in [-0.1, -0.05) is 13.8 Å². The molecular formula is C11H16ClN3S. The standard InChI is InChI=1S/C11H16ClN3S/c1-11(2,7-12)8-13-5-9-6-15-3-4-16-10(15)14-9/h3-4,6,13H,5,7-8H2,1-2H3. The first-order chi connectivity index (χ1) is 7.61. The topological polar surface area (TPSA) is 29.3 Å². The van der Waals surface area contributed by atoms with Gasteiger partial charge in [0.2, 0.25) is 0 Å². The Kier molecular flexibility index (Phi) is 3.52. The van der Waals surface area contributed by atoms with Crippen LogP contribution in [0.2, 0.25) is 0 Å². The van der Waals surface area contributed by atoms with Crippen molar-refractivity contribution in [3.63, 3.8) is 0 Å². The monoisotopic (exact) mass is 257 g/mol. The Bertz CT molecular complexity index is 432. The van der Waals surface area contributed by atoms with Crippen molar-refractivity contribution in [3.8, 4) is 0 Å². The summed E-state index contributed by atoms with van der Waals surface area (Å²) in [4.78, 5) is 5.55. The van der Waals surface area contributed by atoms with Gasteiger partial charge in [-0.3, -0.25) is 4.40 Å². The quantitative estimate of drug-likeness (QED) is 0.835. The molecule has 0 radical (unpaired) electrons. The fraction of sp³-hybridized carbons (Fsp3) is 0.545. The lowest BCUT2D eigenvalue weighted by Gasteiger charge is -2.21. The van der Waals surface area contributed by atoms with Gasteiger partial charge in [0.05, 0.1) is 5.69 Å². The molecule has 0 amide bonds. The molecule has 0 fully saturated rings. The average molecular weight is 258 g/mol. The molecule has 0 aliphatic heterocycles. The zero-order valence-electron chi connectivity index (χ0n) is 9.53. The summed E-state index contributed by atoms with van der Waals surface area (Å²) in [5, 5.41) is 5.43. The molecule has 0 aromatic carbocycles. The summed E-state index contributed by atoms with van der Waals surface area (Å²) in [6, 6.07) is 0. The molecule has 1 N–H and O–H groups in total. The van der Waals surface area contributed by atoms with E-state index in [4.69, 9.17) is 11.6 Å². The zero-order chi connectivity index (χ0) is 11.6. The van der Waals surface area contributed by atoms with Gasteiger partial charge in [0.1, 0.15) is 0 Å². The van der Waals surface area contributed by atoms with Crippen LogP contribution in [0.25, 0.3) is 4.96 Å². The highest BCUT2D eigenvalue weighted by atomic mass is 35.5. The van der Waals surface area contributed by atoms with Crippen LogP contribution in [0.4, 0.5) is 0 Å². The van der Waals surface area contributed by atoms with Crippen molar-refractivity contribution in [3.05, 3.63) is 23.5 Å². The average Bonchev–Trinajstić information content (AvgIpc) is 2.77. The third-order valence-corrected chi connectivity index (χ3v) is 3.91. The van der Waals surface area contributed by atoms with Gasteiger partial charge in [0.25, 0.3) is 0 Å². The molecule has 0 unspecified atom stereocenters. The number of rotatable bonds is 5. The van der Waals surface area contributed by atoms with Crippen molar-refractivity contribution >= 4 is 27.9 Å².